The SMILES string of the molecule is CCCC1=C(c2cccc([N+](=O)[O-])c2)C(N=O)CC1. The summed E-state index contributed by atoms with van der Waals surface area (Å²) in [7, 11) is 0. The second-order valence-electron chi connectivity index (χ2n) is 4.73. The predicted octanol–water partition coefficient (Wildman–Crippen LogP) is 4.08. The van der Waals surface area contributed by atoms with E-state index in [0.717, 1.165) is 36.8 Å². The smallest absolute Gasteiger partial charge is 0.258 e. The summed E-state index contributed by atoms with van der Waals surface area (Å²) in [4.78, 5) is 21.4. The van der Waals surface area contributed by atoms with Crippen molar-refractivity contribution in [1.82, 2.24) is 0 Å². The molecule has 0 bridgehead atoms. The molecule has 0 spiro atoms. The molecular formula is C14H16N2O3. The molecule has 0 aliphatic heterocycles. The molecule has 2 rings (SSSR count). The standard InChI is InChI=1S/C14H16N2O3/c1-2-4-10-7-8-13(15-17)14(10)11-5-3-6-12(9-11)16(18)19/h3,5-6,9,13H,2,4,7-8H2,1H3. The molecule has 1 unspecified atom stereocenters. The second-order valence-corrected chi connectivity index (χ2v) is 4.73. The number of benzene rings is 1. The summed E-state index contributed by atoms with van der Waals surface area (Å²) < 4.78 is 0. The fraction of sp³-hybridized carbons (Fsp3) is 0.429. The summed E-state index contributed by atoms with van der Waals surface area (Å²) in [6, 6.07) is 6.12. The first-order valence-corrected chi connectivity index (χ1v) is 6.46. The first-order valence-electron chi connectivity index (χ1n) is 6.46. The van der Waals surface area contributed by atoms with Crippen molar-refractivity contribution in [3.05, 3.63) is 50.4 Å². The average Bonchev–Trinajstić information content (AvgIpc) is 2.82. The fourth-order valence-corrected chi connectivity index (χ4v) is 2.68. The number of nitro benzene ring substituents is 1. The monoisotopic (exact) mass is 260 g/mol. The Morgan fingerprint density at radius 2 is 2.26 bits per heavy atom. The highest BCUT2D eigenvalue weighted by Gasteiger charge is 2.27. The van der Waals surface area contributed by atoms with Gasteiger partial charge in [-0.1, -0.05) is 36.2 Å². The molecule has 1 aromatic carbocycles. The largest absolute Gasteiger partial charge is 0.270 e. The third-order valence-electron chi connectivity index (χ3n) is 3.48. The highest BCUT2D eigenvalue weighted by atomic mass is 16.6. The summed E-state index contributed by atoms with van der Waals surface area (Å²) in [5, 5.41) is 14.0. The first kappa shape index (κ1) is 13.4. The number of nitroso groups, excluding NO2 is 1. The maximum absolute atomic E-state index is 10.9. The van der Waals surface area contributed by atoms with E-state index in [2.05, 4.69) is 12.1 Å². The summed E-state index contributed by atoms with van der Waals surface area (Å²) in [6.45, 7) is 2.08. The Bertz CT molecular complexity index is 537. The van der Waals surface area contributed by atoms with Crippen LogP contribution in [-0.2, 0) is 0 Å². The van der Waals surface area contributed by atoms with Crippen molar-refractivity contribution in [1.29, 1.82) is 0 Å². The van der Waals surface area contributed by atoms with E-state index in [9.17, 15) is 15.0 Å². The lowest BCUT2D eigenvalue weighted by molar-refractivity contribution is -0.384. The maximum atomic E-state index is 10.9. The van der Waals surface area contributed by atoms with E-state index >= 15 is 0 Å². The molecule has 0 radical (unpaired) electrons. The van der Waals surface area contributed by atoms with E-state index in [1.54, 1.807) is 6.07 Å². The van der Waals surface area contributed by atoms with Gasteiger partial charge in [0.15, 0.2) is 0 Å². The van der Waals surface area contributed by atoms with E-state index in [1.165, 1.54) is 17.7 Å². The lowest BCUT2D eigenvalue weighted by Gasteiger charge is -2.10. The molecule has 19 heavy (non-hydrogen) atoms. The lowest BCUT2D eigenvalue weighted by Crippen LogP contribution is -2.02. The van der Waals surface area contributed by atoms with Crippen molar-refractivity contribution in [2.45, 2.75) is 38.6 Å². The average molecular weight is 260 g/mol. The summed E-state index contributed by atoms with van der Waals surface area (Å²) in [5.74, 6) is 0. The number of allylic oxidation sites excluding steroid dienone is 1. The molecule has 5 heteroatoms. The molecule has 0 amide bonds. The first-order chi connectivity index (χ1) is 9.17. The number of nitrogens with zero attached hydrogens (tertiary/aromatic N) is 2. The van der Waals surface area contributed by atoms with Gasteiger partial charge in [0.05, 0.1) is 4.92 Å². The molecule has 0 saturated carbocycles. The molecule has 1 aromatic rings. The minimum absolute atomic E-state index is 0.0531. The van der Waals surface area contributed by atoms with Gasteiger partial charge in [0.2, 0.25) is 0 Å². The summed E-state index contributed by atoms with van der Waals surface area (Å²) in [5.41, 5.74) is 2.94. The van der Waals surface area contributed by atoms with Gasteiger partial charge in [0.1, 0.15) is 6.04 Å². The van der Waals surface area contributed by atoms with Crippen LogP contribution in [0.5, 0.6) is 0 Å². The molecule has 0 N–H and O–H groups in total. The van der Waals surface area contributed by atoms with Crippen molar-refractivity contribution < 1.29 is 4.92 Å². The molecule has 1 aliphatic carbocycles. The second kappa shape index (κ2) is 5.73. The predicted molar refractivity (Wildman–Crippen MR) is 73.7 cm³/mol. The zero-order valence-electron chi connectivity index (χ0n) is 10.8. The third kappa shape index (κ3) is 2.70. The van der Waals surface area contributed by atoms with Gasteiger partial charge in [-0.3, -0.25) is 10.1 Å². The van der Waals surface area contributed by atoms with Crippen molar-refractivity contribution in [3.63, 3.8) is 0 Å². The maximum Gasteiger partial charge on any atom is 0.270 e. The molecule has 0 heterocycles. The van der Waals surface area contributed by atoms with Gasteiger partial charge in [-0.15, -0.1) is 0 Å². The van der Waals surface area contributed by atoms with Crippen LogP contribution in [-0.4, -0.2) is 11.0 Å². The van der Waals surface area contributed by atoms with Crippen LogP contribution in [0.2, 0.25) is 0 Å². The summed E-state index contributed by atoms with van der Waals surface area (Å²) in [6.07, 6.45) is 3.50. The number of non-ortho nitro benzene ring substituents is 1. The normalized spacial score (nSPS) is 18.7. The van der Waals surface area contributed by atoms with E-state index in [1.807, 2.05) is 6.07 Å². The minimum Gasteiger partial charge on any atom is -0.258 e. The zero-order chi connectivity index (χ0) is 13.8. The molecule has 5 nitrogen and oxygen atoms in total. The van der Waals surface area contributed by atoms with Gasteiger partial charge >= 0.3 is 0 Å². The van der Waals surface area contributed by atoms with Gasteiger partial charge in [-0.05, 0) is 30.4 Å². The van der Waals surface area contributed by atoms with Crippen LogP contribution in [0.25, 0.3) is 5.57 Å². The Hall–Kier alpha value is -2.04. The van der Waals surface area contributed by atoms with E-state index < -0.39 is 4.92 Å². The Balaban J connectivity index is 2.46. The minimum atomic E-state index is -0.415. The third-order valence-corrected chi connectivity index (χ3v) is 3.48. The van der Waals surface area contributed by atoms with Crippen molar-refractivity contribution >= 4 is 11.3 Å². The van der Waals surface area contributed by atoms with Crippen molar-refractivity contribution in [2.75, 3.05) is 0 Å². The Morgan fingerprint density at radius 1 is 1.47 bits per heavy atom. The van der Waals surface area contributed by atoms with Crippen LogP contribution in [0.1, 0.15) is 38.2 Å². The van der Waals surface area contributed by atoms with Gasteiger partial charge in [-0.25, -0.2) is 0 Å². The van der Waals surface area contributed by atoms with E-state index in [4.69, 9.17) is 0 Å². The van der Waals surface area contributed by atoms with E-state index in [0.29, 0.717) is 0 Å². The molecular weight excluding hydrogens is 244 g/mol. The lowest BCUT2D eigenvalue weighted by atomic mass is 9.97. The molecule has 100 valence electrons. The van der Waals surface area contributed by atoms with Crippen LogP contribution < -0.4 is 0 Å². The number of nitro groups is 1. The quantitative estimate of drug-likeness (QED) is 0.455. The van der Waals surface area contributed by atoms with Crippen molar-refractivity contribution in [3.8, 4) is 0 Å². The molecule has 0 aromatic heterocycles. The van der Waals surface area contributed by atoms with Crippen LogP contribution in [0.3, 0.4) is 0 Å². The highest BCUT2D eigenvalue weighted by molar-refractivity contribution is 5.76. The van der Waals surface area contributed by atoms with Gasteiger partial charge in [0, 0.05) is 12.1 Å². The Morgan fingerprint density at radius 3 is 2.89 bits per heavy atom. The number of hydrogen-bond acceptors (Lipinski definition) is 4. The topological polar surface area (TPSA) is 72.6 Å². The summed E-state index contributed by atoms with van der Waals surface area (Å²) >= 11 is 0. The fourth-order valence-electron chi connectivity index (χ4n) is 2.68. The van der Waals surface area contributed by atoms with Crippen LogP contribution >= 0.6 is 0 Å². The molecule has 1 atom stereocenters. The van der Waals surface area contributed by atoms with E-state index in [-0.39, 0.29) is 11.7 Å². The van der Waals surface area contributed by atoms with Crippen LogP contribution in [0, 0.1) is 15.0 Å². The van der Waals surface area contributed by atoms with Crippen molar-refractivity contribution in [2.24, 2.45) is 5.18 Å². The number of hydrogen-bond donors (Lipinski definition) is 0. The zero-order valence-corrected chi connectivity index (χ0v) is 10.8. The molecule has 0 saturated heterocycles. The van der Waals surface area contributed by atoms with Gasteiger partial charge < -0.3 is 0 Å². The number of rotatable bonds is 5. The van der Waals surface area contributed by atoms with Gasteiger partial charge in [-0.2, -0.15) is 4.91 Å². The molecule has 1 aliphatic rings. The van der Waals surface area contributed by atoms with Crippen LogP contribution in [0.15, 0.2) is 35.0 Å². The van der Waals surface area contributed by atoms with Crippen LogP contribution in [0.4, 0.5) is 5.69 Å². The molecule has 0 fully saturated rings. The highest BCUT2D eigenvalue weighted by Crippen LogP contribution is 2.39. The Labute approximate surface area is 111 Å². The van der Waals surface area contributed by atoms with Gasteiger partial charge in [0.25, 0.3) is 5.69 Å². The Kier molecular flexibility index (Phi) is 4.04.